The predicted octanol–water partition coefficient (Wildman–Crippen LogP) is 1.43. The Kier molecular flexibility index (Phi) is 3.38. The lowest BCUT2D eigenvalue weighted by Crippen LogP contribution is -2.33. The van der Waals surface area contributed by atoms with Gasteiger partial charge in [0.15, 0.2) is 5.75 Å². The molecule has 16 heavy (non-hydrogen) atoms. The standard InChI is InChI=1S/C11H18N2O3/c1-7(2)13-9(8(16-5)6-12-13)10(14)11(3,4)15/h6-7,15H,1-5H3. The molecule has 0 saturated carbocycles. The molecular formula is C11H18N2O3. The molecule has 0 radical (unpaired) electrons. The fraction of sp³-hybridized carbons (Fsp3) is 0.636. The van der Waals surface area contributed by atoms with E-state index >= 15 is 0 Å². The van der Waals surface area contributed by atoms with Crippen molar-refractivity contribution in [3.8, 4) is 5.75 Å². The first kappa shape index (κ1) is 12.7. The number of ketones is 1. The van der Waals surface area contributed by atoms with Crippen LogP contribution in [0.5, 0.6) is 5.75 Å². The van der Waals surface area contributed by atoms with Crippen LogP contribution in [0.2, 0.25) is 0 Å². The van der Waals surface area contributed by atoms with Gasteiger partial charge in [-0.05, 0) is 27.7 Å². The minimum atomic E-state index is -1.43. The quantitative estimate of drug-likeness (QED) is 0.789. The predicted molar refractivity (Wildman–Crippen MR) is 59.8 cm³/mol. The van der Waals surface area contributed by atoms with Crippen LogP contribution < -0.4 is 4.74 Å². The Bertz CT molecular complexity index is 388. The molecular weight excluding hydrogens is 208 g/mol. The highest BCUT2D eigenvalue weighted by atomic mass is 16.5. The molecule has 0 aliphatic rings. The molecule has 1 aromatic heterocycles. The minimum absolute atomic E-state index is 0.0326. The Morgan fingerprint density at radius 3 is 2.50 bits per heavy atom. The van der Waals surface area contributed by atoms with E-state index in [9.17, 15) is 9.90 Å². The maximum Gasteiger partial charge on any atom is 0.215 e. The Morgan fingerprint density at radius 1 is 1.56 bits per heavy atom. The lowest BCUT2D eigenvalue weighted by molar-refractivity contribution is 0.0471. The van der Waals surface area contributed by atoms with Gasteiger partial charge in [0.2, 0.25) is 5.78 Å². The molecule has 90 valence electrons. The maximum absolute atomic E-state index is 12.0. The number of carbonyl (C=O) groups is 1. The van der Waals surface area contributed by atoms with Gasteiger partial charge in [0.1, 0.15) is 11.3 Å². The lowest BCUT2D eigenvalue weighted by Gasteiger charge is -2.18. The summed E-state index contributed by atoms with van der Waals surface area (Å²) in [6, 6.07) is 0.0326. The van der Waals surface area contributed by atoms with Gasteiger partial charge < -0.3 is 9.84 Å². The maximum atomic E-state index is 12.0. The Labute approximate surface area is 95.0 Å². The molecule has 1 rings (SSSR count). The summed E-state index contributed by atoms with van der Waals surface area (Å²) < 4.78 is 6.63. The molecule has 0 bridgehead atoms. The molecule has 0 saturated heterocycles. The Balaban J connectivity index is 3.29. The highest BCUT2D eigenvalue weighted by molar-refractivity contribution is 6.02. The highest BCUT2D eigenvalue weighted by Gasteiger charge is 2.32. The normalized spacial score (nSPS) is 11.9. The molecule has 5 nitrogen and oxygen atoms in total. The van der Waals surface area contributed by atoms with Gasteiger partial charge in [-0.25, -0.2) is 0 Å². The number of hydrogen-bond acceptors (Lipinski definition) is 4. The third-order valence-electron chi connectivity index (χ3n) is 2.24. The molecule has 1 aromatic rings. The second kappa shape index (κ2) is 4.25. The van der Waals surface area contributed by atoms with E-state index in [1.54, 1.807) is 4.68 Å². The SMILES string of the molecule is COc1cnn(C(C)C)c1C(=O)C(C)(C)O. The molecule has 0 fully saturated rings. The number of aromatic nitrogens is 2. The van der Waals surface area contributed by atoms with Crippen LogP contribution in [0.25, 0.3) is 0 Å². The fourth-order valence-electron chi connectivity index (χ4n) is 1.39. The summed E-state index contributed by atoms with van der Waals surface area (Å²) in [5.41, 5.74) is -1.12. The summed E-state index contributed by atoms with van der Waals surface area (Å²) >= 11 is 0. The average molecular weight is 226 g/mol. The van der Waals surface area contributed by atoms with Crippen molar-refractivity contribution in [2.45, 2.75) is 39.3 Å². The number of nitrogens with zero attached hydrogens (tertiary/aromatic N) is 2. The topological polar surface area (TPSA) is 64.4 Å². The summed E-state index contributed by atoms with van der Waals surface area (Å²) in [6.45, 7) is 6.72. The van der Waals surface area contributed by atoms with Crippen LogP contribution in [0.3, 0.4) is 0 Å². The summed E-state index contributed by atoms with van der Waals surface area (Å²) in [7, 11) is 1.48. The average Bonchev–Trinajstić information content (AvgIpc) is 2.57. The third-order valence-corrected chi connectivity index (χ3v) is 2.24. The molecule has 0 unspecified atom stereocenters. The Hall–Kier alpha value is -1.36. The summed E-state index contributed by atoms with van der Waals surface area (Å²) in [5, 5.41) is 13.8. The van der Waals surface area contributed by atoms with Crippen molar-refractivity contribution >= 4 is 5.78 Å². The van der Waals surface area contributed by atoms with Crippen molar-refractivity contribution in [1.29, 1.82) is 0 Å². The van der Waals surface area contributed by atoms with Crippen LogP contribution in [0.1, 0.15) is 44.2 Å². The molecule has 0 aliphatic heterocycles. The van der Waals surface area contributed by atoms with Gasteiger partial charge in [0, 0.05) is 6.04 Å². The number of rotatable bonds is 4. The fourth-order valence-corrected chi connectivity index (χ4v) is 1.39. The zero-order valence-electron chi connectivity index (χ0n) is 10.3. The first-order chi connectivity index (χ1) is 7.29. The Morgan fingerprint density at radius 2 is 2.12 bits per heavy atom. The number of ether oxygens (including phenoxy) is 1. The van der Waals surface area contributed by atoms with Crippen LogP contribution in [0.15, 0.2) is 6.20 Å². The van der Waals surface area contributed by atoms with Gasteiger partial charge in [0.25, 0.3) is 0 Å². The molecule has 0 aromatic carbocycles. The first-order valence-electron chi connectivity index (χ1n) is 5.17. The number of Topliss-reactive ketones (excluding diaryl/α,β-unsaturated/α-hetero) is 1. The summed E-state index contributed by atoms with van der Waals surface area (Å²) in [5.74, 6) is -0.00336. The third kappa shape index (κ3) is 2.24. The highest BCUT2D eigenvalue weighted by Crippen LogP contribution is 2.25. The smallest absolute Gasteiger partial charge is 0.215 e. The second-order valence-electron chi connectivity index (χ2n) is 4.49. The molecule has 0 spiro atoms. The van der Waals surface area contributed by atoms with Gasteiger partial charge in [0.05, 0.1) is 13.3 Å². The summed E-state index contributed by atoms with van der Waals surface area (Å²) in [4.78, 5) is 12.0. The van der Waals surface area contributed by atoms with E-state index in [0.29, 0.717) is 11.4 Å². The zero-order valence-corrected chi connectivity index (χ0v) is 10.3. The van der Waals surface area contributed by atoms with Gasteiger partial charge >= 0.3 is 0 Å². The number of methoxy groups -OCH3 is 1. The number of carbonyl (C=O) groups excluding carboxylic acids is 1. The van der Waals surface area contributed by atoms with Gasteiger partial charge in [-0.15, -0.1) is 0 Å². The monoisotopic (exact) mass is 226 g/mol. The number of aliphatic hydroxyl groups is 1. The molecule has 1 N–H and O–H groups in total. The van der Waals surface area contributed by atoms with Crippen LogP contribution in [0, 0.1) is 0 Å². The van der Waals surface area contributed by atoms with E-state index < -0.39 is 11.4 Å². The van der Waals surface area contributed by atoms with Gasteiger partial charge in [-0.3, -0.25) is 9.48 Å². The van der Waals surface area contributed by atoms with Gasteiger partial charge in [-0.1, -0.05) is 0 Å². The summed E-state index contributed by atoms with van der Waals surface area (Å²) in [6.07, 6.45) is 1.49. The lowest BCUT2D eigenvalue weighted by atomic mass is 10.0. The molecule has 5 heteroatoms. The van der Waals surface area contributed by atoms with Crippen LogP contribution in [-0.2, 0) is 0 Å². The van der Waals surface area contributed by atoms with E-state index in [1.165, 1.54) is 27.2 Å². The van der Waals surface area contributed by atoms with Gasteiger partial charge in [-0.2, -0.15) is 5.10 Å². The molecule has 0 atom stereocenters. The largest absolute Gasteiger partial charge is 0.493 e. The van der Waals surface area contributed by atoms with Crippen LogP contribution in [0.4, 0.5) is 0 Å². The first-order valence-corrected chi connectivity index (χ1v) is 5.17. The van der Waals surface area contributed by atoms with E-state index in [0.717, 1.165) is 0 Å². The van der Waals surface area contributed by atoms with E-state index in [4.69, 9.17) is 4.74 Å². The van der Waals surface area contributed by atoms with Crippen molar-refractivity contribution < 1.29 is 14.6 Å². The number of hydrogen-bond donors (Lipinski definition) is 1. The van der Waals surface area contributed by atoms with Crippen molar-refractivity contribution in [3.05, 3.63) is 11.9 Å². The second-order valence-corrected chi connectivity index (χ2v) is 4.49. The van der Waals surface area contributed by atoms with E-state index in [-0.39, 0.29) is 6.04 Å². The van der Waals surface area contributed by atoms with Crippen LogP contribution in [-0.4, -0.2) is 33.4 Å². The minimum Gasteiger partial charge on any atom is -0.493 e. The zero-order chi connectivity index (χ0) is 12.5. The van der Waals surface area contributed by atoms with Crippen molar-refractivity contribution in [3.63, 3.8) is 0 Å². The van der Waals surface area contributed by atoms with E-state index in [1.807, 2.05) is 13.8 Å². The van der Waals surface area contributed by atoms with Crippen molar-refractivity contribution in [2.75, 3.05) is 7.11 Å². The molecule has 1 heterocycles. The van der Waals surface area contributed by atoms with Crippen molar-refractivity contribution in [1.82, 2.24) is 9.78 Å². The van der Waals surface area contributed by atoms with Crippen molar-refractivity contribution in [2.24, 2.45) is 0 Å². The molecule has 0 amide bonds. The van der Waals surface area contributed by atoms with Crippen LogP contribution >= 0.6 is 0 Å². The van der Waals surface area contributed by atoms with E-state index in [2.05, 4.69) is 5.10 Å². The molecule has 0 aliphatic carbocycles.